The largest absolute Gasteiger partial charge is 0.385 e. The molecule has 1 unspecified atom stereocenters. The van der Waals surface area contributed by atoms with E-state index in [1.807, 2.05) is 0 Å². The van der Waals surface area contributed by atoms with Gasteiger partial charge in [0.1, 0.15) is 23.6 Å². The monoisotopic (exact) mass is 483 g/mol. The molecule has 4 nitrogen and oxygen atoms in total. The third-order valence-corrected chi connectivity index (χ3v) is 6.74. The standard InChI is InChI=1S/C28H28F3NO3/c29-22-8-3-19(4-9-22)26(33)2-1-15-32-16-13-28(35,14-17-32)21-7-12-25(31)24(18-21)27(34)20-5-10-23(30)11-6-20/h3-12,18,27,34-35H,1-2,13-17H2. The predicted molar refractivity (Wildman–Crippen MR) is 126 cm³/mol. The van der Waals surface area contributed by atoms with Crippen LogP contribution in [0, 0.1) is 17.5 Å². The summed E-state index contributed by atoms with van der Waals surface area (Å²) < 4.78 is 40.7. The molecule has 1 atom stereocenters. The Balaban J connectivity index is 1.34. The second kappa shape index (κ2) is 10.7. The molecule has 0 aliphatic carbocycles. The lowest BCUT2D eigenvalue weighted by Crippen LogP contribution is -2.43. The lowest BCUT2D eigenvalue weighted by atomic mass is 9.83. The van der Waals surface area contributed by atoms with Gasteiger partial charge in [-0.15, -0.1) is 0 Å². The van der Waals surface area contributed by atoms with Crippen molar-refractivity contribution in [2.24, 2.45) is 0 Å². The third kappa shape index (κ3) is 5.99. The molecule has 1 fully saturated rings. The van der Waals surface area contributed by atoms with Crippen LogP contribution in [-0.4, -0.2) is 40.5 Å². The molecule has 7 heteroatoms. The molecule has 2 N–H and O–H groups in total. The molecule has 1 aliphatic rings. The van der Waals surface area contributed by atoms with Gasteiger partial charge in [-0.2, -0.15) is 0 Å². The molecule has 3 aromatic carbocycles. The first kappa shape index (κ1) is 25.1. The van der Waals surface area contributed by atoms with Crippen molar-refractivity contribution in [3.05, 3.63) is 106 Å². The number of aliphatic hydroxyl groups is 2. The average Bonchev–Trinajstić information content (AvgIpc) is 2.86. The molecular weight excluding hydrogens is 455 g/mol. The van der Waals surface area contributed by atoms with Gasteiger partial charge in [0, 0.05) is 30.6 Å². The Morgan fingerprint density at radius 2 is 1.51 bits per heavy atom. The van der Waals surface area contributed by atoms with Crippen LogP contribution in [0.2, 0.25) is 0 Å². The SMILES string of the molecule is O=C(CCCN1CCC(O)(c2ccc(F)c(C(O)c3ccc(F)cc3)c2)CC1)c1ccc(F)cc1. The number of carbonyl (C=O) groups is 1. The Morgan fingerprint density at radius 1 is 0.914 bits per heavy atom. The van der Waals surface area contributed by atoms with E-state index in [0.29, 0.717) is 62.0 Å². The van der Waals surface area contributed by atoms with E-state index in [2.05, 4.69) is 4.90 Å². The number of aliphatic hydroxyl groups excluding tert-OH is 1. The number of hydrogen-bond donors (Lipinski definition) is 2. The van der Waals surface area contributed by atoms with Crippen molar-refractivity contribution in [1.82, 2.24) is 4.90 Å². The van der Waals surface area contributed by atoms with Gasteiger partial charge in [-0.25, -0.2) is 13.2 Å². The molecule has 35 heavy (non-hydrogen) atoms. The minimum Gasteiger partial charge on any atom is -0.385 e. The lowest BCUT2D eigenvalue weighted by Gasteiger charge is -2.39. The van der Waals surface area contributed by atoms with Crippen molar-refractivity contribution in [3.63, 3.8) is 0 Å². The van der Waals surface area contributed by atoms with Gasteiger partial charge in [-0.05, 0) is 85.5 Å². The Hall–Kier alpha value is -3.00. The number of carbonyl (C=O) groups excluding carboxylic acids is 1. The minimum atomic E-state index is -1.28. The van der Waals surface area contributed by atoms with E-state index in [4.69, 9.17) is 0 Å². The van der Waals surface area contributed by atoms with Gasteiger partial charge in [0.2, 0.25) is 0 Å². The summed E-state index contributed by atoms with van der Waals surface area (Å²) in [4.78, 5) is 14.4. The molecule has 4 rings (SSSR count). The van der Waals surface area contributed by atoms with E-state index in [1.54, 1.807) is 0 Å². The van der Waals surface area contributed by atoms with E-state index >= 15 is 0 Å². The fourth-order valence-corrected chi connectivity index (χ4v) is 4.55. The summed E-state index contributed by atoms with van der Waals surface area (Å²) in [5, 5.41) is 21.9. The number of ketones is 1. The highest BCUT2D eigenvalue weighted by molar-refractivity contribution is 5.95. The molecule has 0 spiro atoms. The van der Waals surface area contributed by atoms with Crippen LogP contribution in [-0.2, 0) is 5.60 Å². The maximum absolute atomic E-state index is 14.5. The highest BCUT2D eigenvalue weighted by atomic mass is 19.1. The molecule has 0 saturated carbocycles. The molecule has 0 amide bonds. The van der Waals surface area contributed by atoms with Crippen LogP contribution in [0.4, 0.5) is 13.2 Å². The maximum atomic E-state index is 14.5. The molecule has 1 aliphatic heterocycles. The molecule has 1 heterocycles. The van der Waals surface area contributed by atoms with Gasteiger partial charge in [0.15, 0.2) is 5.78 Å². The Bertz CT molecular complexity index is 1160. The van der Waals surface area contributed by atoms with Gasteiger partial charge >= 0.3 is 0 Å². The van der Waals surface area contributed by atoms with Gasteiger partial charge in [0.25, 0.3) is 0 Å². The number of piperidine rings is 1. The van der Waals surface area contributed by atoms with E-state index in [1.165, 1.54) is 66.7 Å². The summed E-state index contributed by atoms with van der Waals surface area (Å²) in [7, 11) is 0. The number of hydrogen-bond acceptors (Lipinski definition) is 4. The first-order valence-electron chi connectivity index (χ1n) is 11.7. The van der Waals surface area contributed by atoms with Crippen LogP contribution < -0.4 is 0 Å². The van der Waals surface area contributed by atoms with E-state index in [9.17, 15) is 28.2 Å². The predicted octanol–water partition coefficient (Wildman–Crippen LogP) is 5.13. The summed E-state index contributed by atoms with van der Waals surface area (Å²) in [6.45, 7) is 1.91. The Labute approximate surface area is 202 Å². The minimum absolute atomic E-state index is 0.0305. The number of rotatable bonds is 8. The molecule has 0 aromatic heterocycles. The van der Waals surface area contributed by atoms with Gasteiger partial charge < -0.3 is 15.1 Å². The number of nitrogens with zero attached hydrogens (tertiary/aromatic N) is 1. The zero-order valence-electron chi connectivity index (χ0n) is 19.3. The summed E-state index contributed by atoms with van der Waals surface area (Å²) in [6.07, 6.45) is 0.583. The van der Waals surface area contributed by atoms with Crippen LogP contribution in [0.25, 0.3) is 0 Å². The van der Waals surface area contributed by atoms with Crippen molar-refractivity contribution in [3.8, 4) is 0 Å². The van der Waals surface area contributed by atoms with E-state index in [-0.39, 0.29) is 17.2 Å². The van der Waals surface area contributed by atoms with Crippen LogP contribution in [0.3, 0.4) is 0 Å². The zero-order chi connectivity index (χ0) is 25.0. The molecule has 184 valence electrons. The Kier molecular flexibility index (Phi) is 7.69. The summed E-state index contributed by atoms with van der Waals surface area (Å²) in [6, 6.07) is 15.0. The van der Waals surface area contributed by atoms with Crippen molar-refractivity contribution in [2.45, 2.75) is 37.4 Å². The number of Topliss-reactive ketones (excluding diaryl/α,β-unsaturated/α-hetero) is 1. The van der Waals surface area contributed by atoms with Gasteiger partial charge in [0.05, 0.1) is 5.60 Å². The van der Waals surface area contributed by atoms with E-state index < -0.39 is 23.3 Å². The quantitative estimate of drug-likeness (QED) is 0.436. The first-order chi connectivity index (χ1) is 16.7. The fourth-order valence-electron chi connectivity index (χ4n) is 4.55. The highest BCUT2D eigenvalue weighted by Gasteiger charge is 2.34. The summed E-state index contributed by atoms with van der Waals surface area (Å²) in [5.74, 6) is -1.45. The zero-order valence-corrected chi connectivity index (χ0v) is 19.3. The normalized spacial score (nSPS) is 16.7. The lowest BCUT2D eigenvalue weighted by molar-refractivity contribution is -0.0262. The van der Waals surface area contributed by atoms with Crippen molar-refractivity contribution in [1.29, 1.82) is 0 Å². The van der Waals surface area contributed by atoms with Gasteiger partial charge in [-0.3, -0.25) is 4.79 Å². The third-order valence-electron chi connectivity index (χ3n) is 6.74. The Morgan fingerprint density at radius 3 is 2.14 bits per heavy atom. The molecule has 0 radical (unpaired) electrons. The average molecular weight is 484 g/mol. The second-order valence-corrected chi connectivity index (χ2v) is 9.10. The topological polar surface area (TPSA) is 60.8 Å². The first-order valence-corrected chi connectivity index (χ1v) is 11.7. The maximum Gasteiger partial charge on any atom is 0.162 e. The summed E-state index contributed by atoms with van der Waals surface area (Å²) >= 11 is 0. The molecule has 3 aromatic rings. The van der Waals surface area contributed by atoms with Crippen LogP contribution in [0.15, 0.2) is 66.7 Å². The van der Waals surface area contributed by atoms with Crippen molar-refractivity contribution < 1.29 is 28.2 Å². The van der Waals surface area contributed by atoms with Gasteiger partial charge in [-0.1, -0.05) is 18.2 Å². The molecule has 0 bridgehead atoms. The number of benzene rings is 3. The highest BCUT2D eigenvalue weighted by Crippen LogP contribution is 2.36. The van der Waals surface area contributed by atoms with E-state index in [0.717, 1.165) is 0 Å². The van der Waals surface area contributed by atoms with Crippen LogP contribution in [0.1, 0.15) is 58.8 Å². The fraction of sp³-hybridized carbons (Fsp3) is 0.321. The molecule has 1 saturated heterocycles. The number of halogens is 3. The smallest absolute Gasteiger partial charge is 0.162 e. The van der Waals surface area contributed by atoms with Crippen molar-refractivity contribution in [2.75, 3.05) is 19.6 Å². The number of likely N-dealkylation sites (tertiary alicyclic amines) is 1. The van der Waals surface area contributed by atoms with Crippen LogP contribution >= 0.6 is 0 Å². The molecular formula is C28H28F3NO3. The van der Waals surface area contributed by atoms with Crippen LogP contribution in [0.5, 0.6) is 0 Å². The van der Waals surface area contributed by atoms with Crippen molar-refractivity contribution >= 4 is 5.78 Å². The summed E-state index contributed by atoms with van der Waals surface area (Å²) in [5.41, 5.74) is 0.255. The second-order valence-electron chi connectivity index (χ2n) is 9.10.